The number of rotatable bonds is 11. The molecule has 0 aliphatic heterocycles. The summed E-state index contributed by atoms with van der Waals surface area (Å²) in [6, 6.07) is 36.2. The van der Waals surface area contributed by atoms with Crippen LogP contribution in [0.5, 0.6) is 5.75 Å². The van der Waals surface area contributed by atoms with E-state index in [0.29, 0.717) is 35.1 Å². The summed E-state index contributed by atoms with van der Waals surface area (Å²) in [5, 5.41) is 23.2. The maximum absolute atomic E-state index is 13.4. The lowest BCUT2D eigenvalue weighted by Crippen LogP contribution is -2.09. The van der Waals surface area contributed by atoms with Crippen molar-refractivity contribution < 1.29 is 19.0 Å². The van der Waals surface area contributed by atoms with Gasteiger partial charge in [0, 0.05) is 60.6 Å². The molecule has 288 valence electrons. The number of pyridine rings is 2. The third-order valence-electron chi connectivity index (χ3n) is 9.16. The minimum Gasteiger partial charge on any atom is -0.508 e. The standard InChI is InChI=1S/2C23H19FN4O/c24-19-5-3-17(4-6-19)21-15-27-23(28-22(21)18-10-12-25-13-11-18)26-14-9-16-1-7-20(29)8-2-16;24-18-8-6-16(7-9-18)21-22(17-10-12-26-13-11-17)27-20(28-23(21)25)14-19(29)15-4-2-1-3-5-15/h1-8,10-13,15,29H,9,14H2,(H,26,27,28);1-13,19,29H,14H2,(H2,25,27,28). The molecule has 0 fully saturated rings. The van der Waals surface area contributed by atoms with Gasteiger partial charge >= 0.3 is 0 Å². The second-order valence-corrected chi connectivity index (χ2v) is 13.2. The van der Waals surface area contributed by atoms with Gasteiger partial charge in [0.2, 0.25) is 5.95 Å². The zero-order valence-corrected chi connectivity index (χ0v) is 31.1. The summed E-state index contributed by atoms with van der Waals surface area (Å²) in [7, 11) is 0. The number of halogens is 2. The van der Waals surface area contributed by atoms with Crippen LogP contribution in [0, 0.1) is 11.6 Å². The molecule has 0 saturated heterocycles. The van der Waals surface area contributed by atoms with E-state index >= 15 is 0 Å². The Morgan fingerprint density at radius 1 is 0.621 bits per heavy atom. The summed E-state index contributed by atoms with van der Waals surface area (Å²) in [6.45, 7) is 0.649. The van der Waals surface area contributed by atoms with Crippen LogP contribution in [-0.2, 0) is 12.8 Å². The van der Waals surface area contributed by atoms with Gasteiger partial charge in [-0.25, -0.2) is 28.7 Å². The summed E-state index contributed by atoms with van der Waals surface area (Å²) >= 11 is 0. The summed E-state index contributed by atoms with van der Waals surface area (Å²) in [6.07, 6.45) is 8.75. The SMILES string of the molecule is Nc1nc(CC(O)c2ccccc2)nc(-c2ccncc2)c1-c1ccc(F)cc1.Oc1ccc(CCNc2ncc(-c3ccc(F)cc3)c(-c3ccncc3)n2)cc1. The highest BCUT2D eigenvalue weighted by atomic mass is 19.1. The number of phenolic OH excluding ortho intramolecular Hbond substituents is 1. The Balaban J connectivity index is 0.000000177. The molecule has 8 rings (SSSR count). The number of phenols is 1. The van der Waals surface area contributed by atoms with E-state index in [9.17, 15) is 19.0 Å². The van der Waals surface area contributed by atoms with Crippen LogP contribution in [-0.4, -0.2) is 46.7 Å². The van der Waals surface area contributed by atoms with Gasteiger partial charge in [-0.2, -0.15) is 0 Å². The molecule has 8 aromatic rings. The lowest BCUT2D eigenvalue weighted by atomic mass is 9.99. The van der Waals surface area contributed by atoms with Gasteiger partial charge < -0.3 is 21.3 Å². The molecule has 0 amide bonds. The van der Waals surface area contributed by atoms with Crippen molar-refractivity contribution in [2.45, 2.75) is 18.9 Å². The smallest absolute Gasteiger partial charge is 0.223 e. The summed E-state index contributed by atoms with van der Waals surface area (Å²) < 4.78 is 26.7. The van der Waals surface area contributed by atoms with Crippen molar-refractivity contribution in [2.75, 3.05) is 17.6 Å². The average molecular weight is 773 g/mol. The molecule has 58 heavy (non-hydrogen) atoms. The number of benzene rings is 4. The van der Waals surface area contributed by atoms with Gasteiger partial charge in [0.25, 0.3) is 0 Å². The number of nitrogens with two attached hydrogens (primary N) is 1. The molecule has 0 bridgehead atoms. The summed E-state index contributed by atoms with van der Waals surface area (Å²) in [5.41, 5.74) is 14.3. The number of nitrogens with zero attached hydrogens (tertiary/aromatic N) is 6. The molecule has 10 nitrogen and oxygen atoms in total. The Kier molecular flexibility index (Phi) is 12.4. The first-order valence-corrected chi connectivity index (χ1v) is 18.4. The fourth-order valence-electron chi connectivity index (χ4n) is 6.22. The maximum atomic E-state index is 13.4. The van der Waals surface area contributed by atoms with Crippen LogP contribution >= 0.6 is 0 Å². The van der Waals surface area contributed by atoms with Crippen molar-refractivity contribution in [1.29, 1.82) is 0 Å². The first-order valence-electron chi connectivity index (χ1n) is 18.4. The van der Waals surface area contributed by atoms with Gasteiger partial charge in [0.1, 0.15) is 29.0 Å². The van der Waals surface area contributed by atoms with Gasteiger partial charge in [0.15, 0.2) is 0 Å². The zero-order valence-electron chi connectivity index (χ0n) is 31.1. The molecule has 1 atom stereocenters. The van der Waals surface area contributed by atoms with Gasteiger partial charge in [-0.15, -0.1) is 0 Å². The first kappa shape index (κ1) is 38.8. The maximum Gasteiger partial charge on any atom is 0.223 e. The number of aliphatic hydroxyl groups is 1. The van der Waals surface area contributed by atoms with Crippen molar-refractivity contribution in [1.82, 2.24) is 29.9 Å². The quantitative estimate of drug-likeness (QED) is 0.100. The van der Waals surface area contributed by atoms with Crippen LogP contribution in [0.1, 0.15) is 23.1 Å². The minimum absolute atomic E-state index is 0.218. The van der Waals surface area contributed by atoms with Crippen molar-refractivity contribution in [3.63, 3.8) is 0 Å². The molecule has 0 aliphatic carbocycles. The van der Waals surface area contributed by atoms with E-state index in [1.807, 2.05) is 66.7 Å². The molecular formula is C46H38F2N8O2. The number of anilines is 2. The Bertz CT molecular complexity index is 2550. The van der Waals surface area contributed by atoms with Crippen LogP contribution in [0.2, 0.25) is 0 Å². The van der Waals surface area contributed by atoms with E-state index in [4.69, 9.17) is 15.7 Å². The second kappa shape index (κ2) is 18.5. The van der Waals surface area contributed by atoms with Crippen LogP contribution in [0.4, 0.5) is 20.5 Å². The van der Waals surface area contributed by atoms with Gasteiger partial charge in [-0.05, 0) is 89.3 Å². The normalized spacial score (nSPS) is 11.3. The molecule has 0 saturated carbocycles. The molecule has 1 unspecified atom stereocenters. The molecule has 0 spiro atoms. The highest BCUT2D eigenvalue weighted by Crippen LogP contribution is 2.35. The summed E-state index contributed by atoms with van der Waals surface area (Å²) in [4.78, 5) is 26.4. The number of hydrogen-bond acceptors (Lipinski definition) is 10. The van der Waals surface area contributed by atoms with Crippen LogP contribution in [0.15, 0.2) is 158 Å². The number of aromatic hydroxyl groups is 1. The lowest BCUT2D eigenvalue weighted by Gasteiger charge is -2.15. The lowest BCUT2D eigenvalue weighted by molar-refractivity contribution is 0.176. The number of aliphatic hydroxyl groups excluding tert-OH is 1. The molecule has 4 aromatic carbocycles. The number of aromatic nitrogens is 6. The fourth-order valence-corrected chi connectivity index (χ4v) is 6.22. The minimum atomic E-state index is -0.752. The van der Waals surface area contributed by atoms with E-state index in [0.717, 1.165) is 45.5 Å². The Hall–Kier alpha value is -7.44. The molecule has 0 radical (unpaired) electrons. The molecule has 12 heteroatoms. The molecule has 4 aromatic heterocycles. The monoisotopic (exact) mass is 772 g/mol. The fraction of sp³-hybridized carbons (Fsp3) is 0.0870. The zero-order chi connectivity index (χ0) is 40.3. The summed E-state index contributed by atoms with van der Waals surface area (Å²) in [5.74, 6) is 0.851. The van der Waals surface area contributed by atoms with Crippen LogP contribution in [0.3, 0.4) is 0 Å². The topological polar surface area (TPSA) is 156 Å². The van der Waals surface area contributed by atoms with Gasteiger partial charge in [-0.1, -0.05) is 66.7 Å². The molecule has 4 heterocycles. The Morgan fingerprint density at radius 2 is 1.21 bits per heavy atom. The van der Waals surface area contributed by atoms with Crippen LogP contribution in [0.25, 0.3) is 44.8 Å². The third-order valence-corrected chi connectivity index (χ3v) is 9.16. The van der Waals surface area contributed by atoms with E-state index < -0.39 is 6.10 Å². The van der Waals surface area contributed by atoms with Crippen molar-refractivity contribution in [2.24, 2.45) is 0 Å². The highest BCUT2D eigenvalue weighted by molar-refractivity contribution is 5.87. The predicted molar refractivity (Wildman–Crippen MR) is 221 cm³/mol. The third kappa shape index (κ3) is 9.86. The molecule has 0 aliphatic rings. The Morgan fingerprint density at radius 3 is 1.83 bits per heavy atom. The first-order chi connectivity index (χ1) is 28.3. The van der Waals surface area contributed by atoms with Crippen molar-refractivity contribution in [3.8, 4) is 50.5 Å². The Labute approximate surface area is 333 Å². The van der Waals surface area contributed by atoms with Crippen molar-refractivity contribution in [3.05, 3.63) is 187 Å². The van der Waals surface area contributed by atoms with Gasteiger partial charge in [-0.3, -0.25) is 9.97 Å². The number of nitrogens with one attached hydrogen (secondary N) is 1. The van der Waals surface area contributed by atoms with Crippen LogP contribution < -0.4 is 11.1 Å². The number of nitrogen functional groups attached to an aromatic ring is 1. The van der Waals surface area contributed by atoms with E-state index in [1.165, 1.54) is 24.3 Å². The molecule has 5 N–H and O–H groups in total. The number of hydrogen-bond donors (Lipinski definition) is 4. The average Bonchev–Trinajstić information content (AvgIpc) is 3.26. The second-order valence-electron chi connectivity index (χ2n) is 13.2. The largest absolute Gasteiger partial charge is 0.508 e. The van der Waals surface area contributed by atoms with Gasteiger partial charge in [0.05, 0.1) is 23.1 Å². The van der Waals surface area contributed by atoms with Crippen molar-refractivity contribution >= 4 is 11.8 Å². The van der Waals surface area contributed by atoms with E-state index in [2.05, 4.69) is 25.3 Å². The molecular weight excluding hydrogens is 735 g/mol. The predicted octanol–water partition coefficient (Wildman–Crippen LogP) is 8.91. The van der Waals surface area contributed by atoms with E-state index in [-0.39, 0.29) is 29.6 Å². The van der Waals surface area contributed by atoms with E-state index in [1.54, 1.807) is 67.4 Å². The highest BCUT2D eigenvalue weighted by Gasteiger charge is 2.19.